The van der Waals surface area contributed by atoms with Gasteiger partial charge >= 0.3 is 0 Å². The molecule has 13 heavy (non-hydrogen) atoms. The minimum atomic E-state index is -0.406. The minimum Gasteiger partial charge on any atom is -0.395 e. The van der Waals surface area contributed by atoms with Gasteiger partial charge in [0.1, 0.15) is 0 Å². The van der Waals surface area contributed by atoms with Crippen LogP contribution >= 0.6 is 0 Å². The number of rotatable bonds is 6. The Balaban J connectivity index is 4.02. The molecule has 0 unspecified atom stereocenters. The highest BCUT2D eigenvalue weighted by Gasteiger charge is 2.17. The van der Waals surface area contributed by atoms with E-state index in [-0.39, 0.29) is 12.5 Å². The molecule has 0 saturated heterocycles. The maximum atomic E-state index is 11.5. The first kappa shape index (κ1) is 12.4. The van der Waals surface area contributed by atoms with Crippen LogP contribution in [0.5, 0.6) is 0 Å². The molecule has 0 aliphatic carbocycles. The molecule has 1 amide bonds. The third kappa shape index (κ3) is 4.24. The van der Waals surface area contributed by atoms with Crippen LogP contribution in [0.15, 0.2) is 0 Å². The Morgan fingerprint density at radius 1 is 1.54 bits per heavy atom. The molecular formula is C9H20N2O2. The monoisotopic (exact) mass is 188 g/mol. The Labute approximate surface area is 79.7 Å². The SMILES string of the molecule is CCC[C@H](N)C(=O)N(CC)CCO. The lowest BCUT2D eigenvalue weighted by atomic mass is 10.1. The summed E-state index contributed by atoms with van der Waals surface area (Å²) < 4.78 is 0. The predicted molar refractivity (Wildman–Crippen MR) is 52.2 cm³/mol. The molecule has 3 N–H and O–H groups in total. The van der Waals surface area contributed by atoms with Gasteiger partial charge in [0.25, 0.3) is 0 Å². The van der Waals surface area contributed by atoms with Crippen LogP contribution in [0.3, 0.4) is 0 Å². The number of nitrogens with two attached hydrogens (primary N) is 1. The third-order valence-electron chi connectivity index (χ3n) is 1.98. The van der Waals surface area contributed by atoms with Crippen molar-refractivity contribution in [3.05, 3.63) is 0 Å². The number of aliphatic hydroxyl groups excluding tert-OH is 1. The Bertz CT molecular complexity index is 151. The zero-order valence-electron chi connectivity index (χ0n) is 8.49. The number of nitrogens with zero attached hydrogens (tertiary/aromatic N) is 1. The summed E-state index contributed by atoms with van der Waals surface area (Å²) in [6, 6.07) is -0.406. The molecule has 0 aliphatic rings. The lowest BCUT2D eigenvalue weighted by molar-refractivity contribution is -0.133. The topological polar surface area (TPSA) is 66.6 Å². The van der Waals surface area contributed by atoms with Gasteiger partial charge in [-0.1, -0.05) is 13.3 Å². The van der Waals surface area contributed by atoms with Crippen molar-refractivity contribution in [3.63, 3.8) is 0 Å². The number of carbonyl (C=O) groups is 1. The van der Waals surface area contributed by atoms with Crippen LogP contribution in [0.4, 0.5) is 0 Å². The van der Waals surface area contributed by atoms with Crippen molar-refractivity contribution in [2.24, 2.45) is 5.73 Å². The molecule has 0 aliphatic heterocycles. The highest BCUT2D eigenvalue weighted by atomic mass is 16.3. The van der Waals surface area contributed by atoms with Gasteiger partial charge in [0, 0.05) is 13.1 Å². The van der Waals surface area contributed by atoms with Gasteiger partial charge in [-0.05, 0) is 13.3 Å². The molecule has 78 valence electrons. The zero-order valence-corrected chi connectivity index (χ0v) is 8.49. The van der Waals surface area contributed by atoms with Gasteiger partial charge in [-0.3, -0.25) is 4.79 Å². The lowest BCUT2D eigenvalue weighted by Gasteiger charge is -2.23. The first-order valence-corrected chi connectivity index (χ1v) is 4.82. The van der Waals surface area contributed by atoms with Gasteiger partial charge in [-0.25, -0.2) is 0 Å². The van der Waals surface area contributed by atoms with Crippen molar-refractivity contribution in [3.8, 4) is 0 Å². The molecule has 0 rings (SSSR count). The largest absolute Gasteiger partial charge is 0.395 e. The van der Waals surface area contributed by atoms with Gasteiger partial charge in [0.2, 0.25) is 5.91 Å². The fourth-order valence-electron chi connectivity index (χ4n) is 1.21. The van der Waals surface area contributed by atoms with E-state index in [4.69, 9.17) is 10.8 Å². The van der Waals surface area contributed by atoms with Crippen molar-refractivity contribution in [1.29, 1.82) is 0 Å². The summed E-state index contributed by atoms with van der Waals surface area (Å²) in [5.41, 5.74) is 5.66. The van der Waals surface area contributed by atoms with E-state index < -0.39 is 6.04 Å². The van der Waals surface area contributed by atoms with E-state index in [1.54, 1.807) is 4.90 Å². The quantitative estimate of drug-likeness (QED) is 0.614. The van der Waals surface area contributed by atoms with E-state index in [1.807, 2.05) is 13.8 Å². The second kappa shape index (κ2) is 6.86. The van der Waals surface area contributed by atoms with Crippen molar-refractivity contribution >= 4 is 5.91 Å². The van der Waals surface area contributed by atoms with Crippen molar-refractivity contribution in [2.75, 3.05) is 19.7 Å². The molecule has 4 nitrogen and oxygen atoms in total. The van der Waals surface area contributed by atoms with E-state index in [1.165, 1.54) is 0 Å². The van der Waals surface area contributed by atoms with E-state index in [9.17, 15) is 4.79 Å². The molecule has 4 heteroatoms. The standard InChI is InChI=1S/C9H20N2O2/c1-3-5-8(10)9(13)11(4-2)6-7-12/h8,12H,3-7,10H2,1-2H3/t8-/m0/s1. The average Bonchev–Trinajstić information content (AvgIpc) is 2.13. The lowest BCUT2D eigenvalue weighted by Crippen LogP contribution is -2.44. The van der Waals surface area contributed by atoms with Gasteiger partial charge in [-0.2, -0.15) is 0 Å². The fourth-order valence-corrected chi connectivity index (χ4v) is 1.21. The Morgan fingerprint density at radius 3 is 2.54 bits per heavy atom. The zero-order chi connectivity index (χ0) is 10.3. The number of likely N-dealkylation sites (N-methyl/N-ethyl adjacent to an activating group) is 1. The Morgan fingerprint density at radius 2 is 2.15 bits per heavy atom. The first-order chi connectivity index (χ1) is 6.17. The van der Waals surface area contributed by atoms with Crippen LogP contribution in [0.1, 0.15) is 26.7 Å². The number of carbonyl (C=O) groups excluding carboxylic acids is 1. The van der Waals surface area contributed by atoms with E-state index >= 15 is 0 Å². The fraction of sp³-hybridized carbons (Fsp3) is 0.889. The second-order valence-electron chi connectivity index (χ2n) is 3.04. The molecule has 0 aromatic carbocycles. The summed E-state index contributed by atoms with van der Waals surface area (Å²) in [6.45, 7) is 4.86. The van der Waals surface area contributed by atoms with Crippen LogP contribution in [0.2, 0.25) is 0 Å². The summed E-state index contributed by atoms with van der Waals surface area (Å²) in [5, 5.41) is 8.69. The maximum absolute atomic E-state index is 11.5. The van der Waals surface area contributed by atoms with Crippen LogP contribution in [0.25, 0.3) is 0 Å². The number of hydrogen-bond acceptors (Lipinski definition) is 3. The molecule has 0 heterocycles. The van der Waals surface area contributed by atoms with Crippen molar-refractivity contribution in [1.82, 2.24) is 4.90 Å². The van der Waals surface area contributed by atoms with Crippen LogP contribution in [-0.2, 0) is 4.79 Å². The van der Waals surface area contributed by atoms with Gasteiger partial charge < -0.3 is 15.7 Å². The highest BCUT2D eigenvalue weighted by molar-refractivity contribution is 5.81. The van der Waals surface area contributed by atoms with Crippen molar-refractivity contribution < 1.29 is 9.90 Å². The average molecular weight is 188 g/mol. The summed E-state index contributed by atoms with van der Waals surface area (Å²) in [7, 11) is 0. The van der Waals surface area contributed by atoms with Gasteiger partial charge in [-0.15, -0.1) is 0 Å². The van der Waals surface area contributed by atoms with Crippen LogP contribution in [-0.4, -0.2) is 41.7 Å². The minimum absolute atomic E-state index is 0.00156. The Kier molecular flexibility index (Phi) is 6.54. The van der Waals surface area contributed by atoms with E-state index in [0.717, 1.165) is 6.42 Å². The predicted octanol–water partition coefficient (Wildman–Crippen LogP) is -0.0454. The molecule has 0 aromatic rings. The molecule has 0 aromatic heterocycles. The maximum Gasteiger partial charge on any atom is 0.239 e. The van der Waals surface area contributed by atoms with Crippen molar-refractivity contribution in [2.45, 2.75) is 32.7 Å². The molecular weight excluding hydrogens is 168 g/mol. The Hall–Kier alpha value is -0.610. The molecule has 0 spiro atoms. The summed E-state index contributed by atoms with van der Waals surface area (Å²) in [5.74, 6) is -0.0570. The highest BCUT2D eigenvalue weighted by Crippen LogP contribution is 1.99. The van der Waals surface area contributed by atoms with E-state index in [0.29, 0.717) is 19.5 Å². The van der Waals surface area contributed by atoms with Crippen LogP contribution < -0.4 is 5.73 Å². The molecule has 0 radical (unpaired) electrons. The smallest absolute Gasteiger partial charge is 0.239 e. The molecule has 0 fully saturated rings. The number of amides is 1. The van der Waals surface area contributed by atoms with Crippen LogP contribution in [0, 0.1) is 0 Å². The summed E-state index contributed by atoms with van der Waals surface area (Å²) >= 11 is 0. The molecule has 0 saturated carbocycles. The van der Waals surface area contributed by atoms with Gasteiger partial charge in [0.05, 0.1) is 12.6 Å². The summed E-state index contributed by atoms with van der Waals surface area (Å²) in [6.07, 6.45) is 1.62. The molecule has 0 bridgehead atoms. The summed E-state index contributed by atoms with van der Waals surface area (Å²) in [4.78, 5) is 13.1. The normalized spacial score (nSPS) is 12.6. The first-order valence-electron chi connectivity index (χ1n) is 4.82. The molecule has 1 atom stereocenters. The van der Waals surface area contributed by atoms with E-state index in [2.05, 4.69) is 0 Å². The third-order valence-corrected chi connectivity index (χ3v) is 1.98. The van der Waals surface area contributed by atoms with Gasteiger partial charge in [0.15, 0.2) is 0 Å². The second-order valence-corrected chi connectivity index (χ2v) is 3.04. The number of hydrogen-bond donors (Lipinski definition) is 2. The number of aliphatic hydroxyl groups is 1.